The fourth-order valence-corrected chi connectivity index (χ4v) is 1.95. The summed E-state index contributed by atoms with van der Waals surface area (Å²) in [5.74, 6) is 1.38. The van der Waals surface area contributed by atoms with E-state index in [1.165, 1.54) is 5.56 Å². The standard InChI is InChI=1S/C18H22O3/c1-3-12-20-17-6-4-5-7-18(17)21-13-16(19)15-10-8-14(2)9-11-15/h4-11,16,19H,3,12-13H2,1-2H3. The Kier molecular flexibility index (Phi) is 5.64. The van der Waals surface area contributed by atoms with Crippen LogP contribution in [-0.2, 0) is 0 Å². The molecule has 0 aliphatic rings. The topological polar surface area (TPSA) is 38.7 Å². The van der Waals surface area contributed by atoms with Crippen LogP contribution in [0, 0.1) is 6.92 Å². The molecule has 1 N–H and O–H groups in total. The largest absolute Gasteiger partial charge is 0.490 e. The van der Waals surface area contributed by atoms with E-state index in [4.69, 9.17) is 9.47 Å². The fraction of sp³-hybridized carbons (Fsp3) is 0.333. The zero-order valence-electron chi connectivity index (χ0n) is 12.6. The third-order valence-electron chi connectivity index (χ3n) is 3.17. The van der Waals surface area contributed by atoms with E-state index in [2.05, 4.69) is 6.92 Å². The Bertz CT molecular complexity index is 549. The maximum atomic E-state index is 10.2. The van der Waals surface area contributed by atoms with Crippen LogP contribution < -0.4 is 9.47 Å². The second kappa shape index (κ2) is 7.70. The van der Waals surface area contributed by atoms with Gasteiger partial charge in [0.05, 0.1) is 6.61 Å². The van der Waals surface area contributed by atoms with Gasteiger partial charge in [0, 0.05) is 0 Å². The molecule has 2 rings (SSSR count). The van der Waals surface area contributed by atoms with Crippen molar-refractivity contribution in [2.45, 2.75) is 26.4 Å². The van der Waals surface area contributed by atoms with Crippen LogP contribution in [0.4, 0.5) is 0 Å². The van der Waals surface area contributed by atoms with Crippen LogP contribution in [0.5, 0.6) is 11.5 Å². The van der Waals surface area contributed by atoms with Crippen LogP contribution in [-0.4, -0.2) is 18.3 Å². The normalized spacial score (nSPS) is 12.0. The summed E-state index contributed by atoms with van der Waals surface area (Å²) in [7, 11) is 0. The first kappa shape index (κ1) is 15.4. The third kappa shape index (κ3) is 4.50. The molecule has 0 saturated heterocycles. The minimum atomic E-state index is -0.648. The molecule has 2 aromatic carbocycles. The maximum absolute atomic E-state index is 10.2. The van der Waals surface area contributed by atoms with E-state index in [0.717, 1.165) is 17.7 Å². The highest BCUT2D eigenvalue weighted by Gasteiger charge is 2.10. The molecule has 3 nitrogen and oxygen atoms in total. The summed E-state index contributed by atoms with van der Waals surface area (Å²) in [4.78, 5) is 0. The van der Waals surface area contributed by atoms with Gasteiger partial charge in [0.1, 0.15) is 12.7 Å². The first-order chi connectivity index (χ1) is 10.2. The van der Waals surface area contributed by atoms with Gasteiger partial charge in [-0.15, -0.1) is 0 Å². The summed E-state index contributed by atoms with van der Waals surface area (Å²) in [5.41, 5.74) is 2.03. The number of ether oxygens (including phenoxy) is 2. The number of para-hydroxylation sites is 2. The summed E-state index contributed by atoms with van der Waals surface area (Å²) in [6.07, 6.45) is 0.296. The number of aryl methyl sites for hydroxylation is 1. The molecule has 0 spiro atoms. The Hall–Kier alpha value is -2.00. The van der Waals surface area contributed by atoms with Crippen molar-refractivity contribution < 1.29 is 14.6 Å². The molecular formula is C18H22O3. The van der Waals surface area contributed by atoms with Gasteiger partial charge in [-0.05, 0) is 31.0 Å². The van der Waals surface area contributed by atoms with Gasteiger partial charge in [-0.25, -0.2) is 0 Å². The van der Waals surface area contributed by atoms with Crippen LogP contribution in [0.25, 0.3) is 0 Å². The van der Waals surface area contributed by atoms with E-state index in [1.54, 1.807) is 0 Å². The monoisotopic (exact) mass is 286 g/mol. The van der Waals surface area contributed by atoms with Crippen molar-refractivity contribution in [3.8, 4) is 11.5 Å². The van der Waals surface area contributed by atoms with E-state index in [1.807, 2.05) is 55.5 Å². The first-order valence-corrected chi connectivity index (χ1v) is 7.30. The SMILES string of the molecule is CCCOc1ccccc1OCC(O)c1ccc(C)cc1. The second-order valence-corrected chi connectivity index (χ2v) is 5.03. The highest BCUT2D eigenvalue weighted by molar-refractivity contribution is 5.39. The van der Waals surface area contributed by atoms with Crippen molar-refractivity contribution >= 4 is 0 Å². The van der Waals surface area contributed by atoms with E-state index >= 15 is 0 Å². The molecule has 3 heteroatoms. The predicted molar refractivity (Wildman–Crippen MR) is 83.9 cm³/mol. The van der Waals surface area contributed by atoms with Gasteiger partial charge in [-0.1, -0.05) is 48.9 Å². The Labute approximate surface area is 126 Å². The van der Waals surface area contributed by atoms with Gasteiger partial charge in [0.25, 0.3) is 0 Å². The summed E-state index contributed by atoms with van der Waals surface area (Å²) < 4.78 is 11.3. The lowest BCUT2D eigenvalue weighted by Gasteiger charge is -2.15. The molecule has 0 bridgehead atoms. The Morgan fingerprint density at radius 1 is 0.952 bits per heavy atom. The molecule has 0 amide bonds. The summed E-state index contributed by atoms with van der Waals surface area (Å²) in [5, 5.41) is 10.2. The molecule has 0 radical (unpaired) electrons. The van der Waals surface area contributed by atoms with Crippen molar-refractivity contribution in [3.05, 3.63) is 59.7 Å². The molecule has 0 heterocycles. The van der Waals surface area contributed by atoms with Gasteiger partial charge in [0.15, 0.2) is 11.5 Å². The number of rotatable bonds is 7. The molecule has 2 aromatic rings. The van der Waals surface area contributed by atoms with Crippen LogP contribution in [0.1, 0.15) is 30.6 Å². The summed E-state index contributed by atoms with van der Waals surface area (Å²) in [6, 6.07) is 15.3. The molecule has 21 heavy (non-hydrogen) atoms. The van der Waals surface area contributed by atoms with Crippen LogP contribution in [0.3, 0.4) is 0 Å². The number of aliphatic hydroxyl groups is 1. The third-order valence-corrected chi connectivity index (χ3v) is 3.17. The Balaban J connectivity index is 1.97. The van der Waals surface area contributed by atoms with E-state index in [-0.39, 0.29) is 6.61 Å². The number of aliphatic hydroxyl groups excluding tert-OH is 1. The van der Waals surface area contributed by atoms with Crippen molar-refractivity contribution in [1.29, 1.82) is 0 Å². The molecule has 0 aromatic heterocycles. The summed E-state index contributed by atoms with van der Waals surface area (Å²) in [6.45, 7) is 4.94. The van der Waals surface area contributed by atoms with Gasteiger partial charge in [-0.2, -0.15) is 0 Å². The lowest BCUT2D eigenvalue weighted by Crippen LogP contribution is -2.10. The van der Waals surface area contributed by atoms with Crippen molar-refractivity contribution in [3.63, 3.8) is 0 Å². The van der Waals surface area contributed by atoms with Crippen LogP contribution >= 0.6 is 0 Å². The van der Waals surface area contributed by atoms with Crippen molar-refractivity contribution in [2.75, 3.05) is 13.2 Å². The molecule has 112 valence electrons. The van der Waals surface area contributed by atoms with E-state index < -0.39 is 6.10 Å². The van der Waals surface area contributed by atoms with Crippen LogP contribution in [0.2, 0.25) is 0 Å². The van der Waals surface area contributed by atoms with Crippen molar-refractivity contribution in [2.24, 2.45) is 0 Å². The minimum Gasteiger partial charge on any atom is -0.490 e. The molecular weight excluding hydrogens is 264 g/mol. The highest BCUT2D eigenvalue weighted by Crippen LogP contribution is 2.27. The lowest BCUT2D eigenvalue weighted by atomic mass is 10.1. The zero-order chi connectivity index (χ0) is 15.1. The van der Waals surface area contributed by atoms with E-state index in [0.29, 0.717) is 12.4 Å². The van der Waals surface area contributed by atoms with Crippen LogP contribution in [0.15, 0.2) is 48.5 Å². The maximum Gasteiger partial charge on any atom is 0.161 e. The molecule has 0 aliphatic carbocycles. The number of hydrogen-bond acceptors (Lipinski definition) is 3. The average Bonchev–Trinajstić information content (AvgIpc) is 2.52. The Morgan fingerprint density at radius 2 is 1.57 bits per heavy atom. The second-order valence-electron chi connectivity index (χ2n) is 5.03. The van der Waals surface area contributed by atoms with Gasteiger partial charge >= 0.3 is 0 Å². The Morgan fingerprint density at radius 3 is 2.19 bits per heavy atom. The minimum absolute atomic E-state index is 0.204. The number of benzene rings is 2. The van der Waals surface area contributed by atoms with Gasteiger partial charge < -0.3 is 14.6 Å². The smallest absolute Gasteiger partial charge is 0.161 e. The van der Waals surface area contributed by atoms with Gasteiger partial charge in [-0.3, -0.25) is 0 Å². The highest BCUT2D eigenvalue weighted by atomic mass is 16.5. The fourth-order valence-electron chi connectivity index (χ4n) is 1.95. The molecule has 1 atom stereocenters. The summed E-state index contributed by atoms with van der Waals surface area (Å²) >= 11 is 0. The van der Waals surface area contributed by atoms with Gasteiger partial charge in [0.2, 0.25) is 0 Å². The predicted octanol–water partition coefficient (Wildman–Crippen LogP) is 3.90. The van der Waals surface area contributed by atoms with Crippen molar-refractivity contribution in [1.82, 2.24) is 0 Å². The van der Waals surface area contributed by atoms with E-state index in [9.17, 15) is 5.11 Å². The molecule has 0 saturated carbocycles. The molecule has 0 aliphatic heterocycles. The zero-order valence-corrected chi connectivity index (χ0v) is 12.6. The molecule has 1 unspecified atom stereocenters. The average molecular weight is 286 g/mol. The quantitative estimate of drug-likeness (QED) is 0.839. The number of hydrogen-bond donors (Lipinski definition) is 1. The lowest BCUT2D eigenvalue weighted by molar-refractivity contribution is 0.105. The molecule has 0 fully saturated rings. The first-order valence-electron chi connectivity index (χ1n) is 7.30.